The third kappa shape index (κ3) is 5.66. The van der Waals surface area contributed by atoms with Gasteiger partial charge in [0.15, 0.2) is 0 Å². The van der Waals surface area contributed by atoms with Crippen molar-refractivity contribution in [3.63, 3.8) is 0 Å². The Kier molecular flexibility index (Phi) is 8.63. The monoisotopic (exact) mass is 739 g/mol. The molecule has 8 rings (SSSR count). The summed E-state index contributed by atoms with van der Waals surface area (Å²) in [6.07, 6.45) is 5.36. The second-order valence-corrected chi connectivity index (χ2v) is 15.0. The van der Waals surface area contributed by atoms with Gasteiger partial charge in [0, 0.05) is 67.6 Å². The van der Waals surface area contributed by atoms with Crippen molar-refractivity contribution >= 4 is 51.5 Å². The van der Waals surface area contributed by atoms with Crippen molar-refractivity contribution in [2.24, 2.45) is 14.1 Å². The number of pyridine rings is 2. The highest BCUT2D eigenvalue weighted by atomic mass is 35.5. The molecule has 1 spiro atoms. The van der Waals surface area contributed by atoms with Crippen LogP contribution in [0.3, 0.4) is 0 Å². The Hall–Kier alpha value is -4.71. The first-order chi connectivity index (χ1) is 25.0. The van der Waals surface area contributed by atoms with Gasteiger partial charge in [-0.25, -0.2) is 14.8 Å². The van der Waals surface area contributed by atoms with Gasteiger partial charge in [0.05, 0.1) is 39.6 Å². The standard InChI is InChI=1S/C39H39Cl2N7O4/c1-21-18-29-32(37(50)47(3)38(51)46(29)2)35(42-21)43-26-11-6-9-24(34(26)41)23-8-5-10-25(33(23)40)27-19-22-13-14-28(31(22)36(44-27)52-4)48-17-16-39(20-48)15-7-12-30(49)45-39/h5-6,8-11,18-19,28H,7,12-17,20H2,1-4H3,(H,42,43)(H,45,49)/t28-,39+/m1/s1. The van der Waals surface area contributed by atoms with Gasteiger partial charge in [-0.05, 0) is 62.8 Å². The first kappa shape index (κ1) is 34.4. The van der Waals surface area contributed by atoms with Gasteiger partial charge in [0.1, 0.15) is 11.2 Å². The van der Waals surface area contributed by atoms with Crippen LogP contribution in [-0.4, -0.2) is 55.6 Å². The van der Waals surface area contributed by atoms with Crippen LogP contribution in [0.2, 0.25) is 10.0 Å². The molecule has 3 aliphatic rings. The number of hydrogen-bond acceptors (Lipinski definition) is 8. The van der Waals surface area contributed by atoms with Gasteiger partial charge in [0.25, 0.3) is 5.56 Å². The first-order valence-corrected chi connectivity index (χ1v) is 18.3. The lowest BCUT2D eigenvalue weighted by atomic mass is 9.88. The number of carbonyl (C=O) groups excluding carboxylic acids is 1. The van der Waals surface area contributed by atoms with Crippen LogP contribution < -0.4 is 26.6 Å². The van der Waals surface area contributed by atoms with Gasteiger partial charge in [0.2, 0.25) is 11.8 Å². The molecule has 52 heavy (non-hydrogen) atoms. The van der Waals surface area contributed by atoms with Crippen molar-refractivity contribution in [1.82, 2.24) is 29.3 Å². The summed E-state index contributed by atoms with van der Waals surface area (Å²) < 4.78 is 8.45. The van der Waals surface area contributed by atoms with E-state index in [0.717, 1.165) is 60.9 Å². The fourth-order valence-corrected chi connectivity index (χ4v) is 9.03. The predicted octanol–water partition coefficient (Wildman–Crippen LogP) is 6.46. The molecule has 2 N–H and O–H groups in total. The van der Waals surface area contributed by atoms with E-state index >= 15 is 0 Å². The molecular weight excluding hydrogens is 701 g/mol. The van der Waals surface area contributed by atoms with Crippen molar-refractivity contribution in [2.75, 3.05) is 25.5 Å². The summed E-state index contributed by atoms with van der Waals surface area (Å²) in [7, 11) is 4.73. The van der Waals surface area contributed by atoms with Gasteiger partial charge in [-0.1, -0.05) is 53.5 Å². The number of aryl methyl sites for hydroxylation is 3. The molecule has 268 valence electrons. The average molecular weight is 741 g/mol. The Balaban J connectivity index is 1.13. The Labute approximate surface area is 310 Å². The first-order valence-electron chi connectivity index (χ1n) is 17.5. The largest absolute Gasteiger partial charge is 0.481 e. The topological polar surface area (TPSA) is 123 Å². The number of benzene rings is 2. The van der Waals surface area contributed by atoms with E-state index in [1.807, 2.05) is 30.3 Å². The number of fused-ring (bicyclic) bond motifs is 2. The number of nitrogens with zero attached hydrogens (tertiary/aromatic N) is 5. The number of ether oxygens (including phenoxy) is 1. The summed E-state index contributed by atoms with van der Waals surface area (Å²) >= 11 is 14.3. The quantitative estimate of drug-likeness (QED) is 0.204. The molecule has 13 heteroatoms. The number of likely N-dealkylation sites (tertiary alicyclic amines) is 1. The lowest BCUT2D eigenvalue weighted by Crippen LogP contribution is -2.53. The van der Waals surface area contributed by atoms with E-state index in [2.05, 4.69) is 26.6 Å². The van der Waals surface area contributed by atoms with E-state index < -0.39 is 11.2 Å². The number of hydrogen-bond donors (Lipinski definition) is 2. The summed E-state index contributed by atoms with van der Waals surface area (Å²) in [6.45, 7) is 3.56. The number of anilines is 2. The summed E-state index contributed by atoms with van der Waals surface area (Å²) in [5.74, 6) is 1.05. The Morgan fingerprint density at radius 1 is 0.942 bits per heavy atom. The van der Waals surface area contributed by atoms with Crippen molar-refractivity contribution in [2.45, 2.75) is 57.0 Å². The molecule has 0 saturated carbocycles. The number of methoxy groups -OCH3 is 1. The van der Waals surface area contributed by atoms with Crippen molar-refractivity contribution in [3.8, 4) is 28.3 Å². The van der Waals surface area contributed by atoms with E-state index in [1.54, 1.807) is 33.2 Å². The van der Waals surface area contributed by atoms with E-state index in [1.165, 1.54) is 17.2 Å². The van der Waals surface area contributed by atoms with Gasteiger partial charge in [-0.3, -0.25) is 23.6 Å². The summed E-state index contributed by atoms with van der Waals surface area (Å²) in [6, 6.07) is 15.4. The lowest BCUT2D eigenvalue weighted by Gasteiger charge is -2.35. The maximum absolute atomic E-state index is 13.3. The number of rotatable bonds is 6. The molecule has 0 radical (unpaired) electrons. The van der Waals surface area contributed by atoms with Gasteiger partial charge >= 0.3 is 5.69 Å². The van der Waals surface area contributed by atoms with Crippen LogP contribution in [-0.2, 0) is 25.3 Å². The van der Waals surface area contributed by atoms with E-state index in [4.69, 9.17) is 32.9 Å². The van der Waals surface area contributed by atoms with Crippen molar-refractivity contribution in [1.29, 1.82) is 0 Å². The number of carbonyl (C=O) groups is 1. The number of halogens is 2. The molecule has 3 aromatic heterocycles. The third-order valence-electron chi connectivity index (χ3n) is 11.0. The number of aromatic nitrogens is 4. The summed E-state index contributed by atoms with van der Waals surface area (Å²) in [5, 5.41) is 7.73. The molecule has 2 saturated heterocycles. The fraction of sp³-hybridized carbons (Fsp3) is 0.359. The van der Waals surface area contributed by atoms with Crippen LogP contribution in [0.1, 0.15) is 55.0 Å². The van der Waals surface area contributed by atoms with Crippen molar-refractivity contribution < 1.29 is 9.53 Å². The molecule has 2 fully saturated rings. The molecule has 0 bridgehead atoms. The number of piperidine rings is 1. The van der Waals surface area contributed by atoms with Gasteiger partial charge in [-0.2, -0.15) is 0 Å². The third-order valence-corrected chi connectivity index (χ3v) is 11.8. The zero-order valence-corrected chi connectivity index (χ0v) is 31.0. The minimum Gasteiger partial charge on any atom is -0.481 e. The summed E-state index contributed by atoms with van der Waals surface area (Å²) in [4.78, 5) is 50.3. The maximum atomic E-state index is 13.3. The highest BCUT2D eigenvalue weighted by Crippen LogP contribution is 2.47. The molecule has 2 atom stereocenters. The molecule has 1 amide bonds. The molecule has 1 aliphatic carbocycles. The highest BCUT2D eigenvalue weighted by molar-refractivity contribution is 6.39. The average Bonchev–Trinajstić information content (AvgIpc) is 3.74. The molecular formula is C39H39Cl2N7O4. The zero-order valence-electron chi connectivity index (χ0n) is 29.5. The van der Waals surface area contributed by atoms with Crippen LogP contribution in [0.15, 0.2) is 58.1 Å². The molecule has 11 nitrogen and oxygen atoms in total. The number of amides is 1. The highest BCUT2D eigenvalue weighted by Gasteiger charge is 2.45. The fourth-order valence-electron chi connectivity index (χ4n) is 8.43. The van der Waals surface area contributed by atoms with Crippen LogP contribution >= 0.6 is 23.2 Å². The maximum Gasteiger partial charge on any atom is 0.330 e. The predicted molar refractivity (Wildman–Crippen MR) is 204 cm³/mol. The van der Waals surface area contributed by atoms with Crippen LogP contribution in [0, 0.1) is 6.92 Å². The van der Waals surface area contributed by atoms with E-state index in [0.29, 0.717) is 61.9 Å². The molecule has 0 unspecified atom stereocenters. The second-order valence-electron chi connectivity index (χ2n) is 14.2. The zero-order chi connectivity index (χ0) is 36.5. The minimum atomic E-state index is -0.457. The molecule has 5 heterocycles. The summed E-state index contributed by atoms with van der Waals surface area (Å²) in [5.41, 5.74) is 5.77. The Morgan fingerprint density at radius 3 is 2.46 bits per heavy atom. The van der Waals surface area contributed by atoms with Crippen LogP contribution in [0.25, 0.3) is 33.3 Å². The molecule has 2 aromatic carbocycles. The van der Waals surface area contributed by atoms with E-state index in [9.17, 15) is 14.4 Å². The van der Waals surface area contributed by atoms with E-state index in [-0.39, 0.29) is 22.9 Å². The van der Waals surface area contributed by atoms with Crippen LogP contribution in [0.5, 0.6) is 5.88 Å². The van der Waals surface area contributed by atoms with Gasteiger partial charge in [-0.15, -0.1) is 0 Å². The molecule has 2 aliphatic heterocycles. The smallest absolute Gasteiger partial charge is 0.330 e. The Morgan fingerprint density at radius 2 is 1.69 bits per heavy atom. The minimum absolute atomic E-state index is 0.137. The lowest BCUT2D eigenvalue weighted by molar-refractivity contribution is -0.125. The SMILES string of the molecule is COc1nc(-c2cccc(-c3cccc(Nc4nc(C)cc5c4c(=O)n(C)c(=O)n5C)c3Cl)c2Cl)cc2c1[C@H](N1CC[C@@]3(CCCC(=O)N3)C1)CC2. The van der Waals surface area contributed by atoms with Gasteiger partial charge < -0.3 is 15.4 Å². The van der Waals surface area contributed by atoms with Crippen LogP contribution in [0.4, 0.5) is 11.5 Å². The number of nitrogens with one attached hydrogen (secondary N) is 2. The Bertz CT molecular complexity index is 2430. The van der Waals surface area contributed by atoms with Crippen molar-refractivity contribution in [3.05, 3.63) is 96.2 Å². The normalized spacial score (nSPS) is 20.0. The second kappa shape index (κ2) is 13.1. The molecule has 5 aromatic rings.